The van der Waals surface area contributed by atoms with Crippen molar-refractivity contribution in [2.24, 2.45) is 12.8 Å². The monoisotopic (exact) mass is 377 g/mol. The Hall–Kier alpha value is -3.07. The number of benzene rings is 1. The van der Waals surface area contributed by atoms with Crippen LogP contribution in [0.25, 0.3) is 6.08 Å². The van der Waals surface area contributed by atoms with Crippen molar-refractivity contribution in [3.8, 4) is 0 Å². The number of sulfonamides is 1. The number of carbonyl (C=O) groups is 2. The summed E-state index contributed by atoms with van der Waals surface area (Å²) in [5.74, 6) is -1.17. The molecule has 0 aliphatic heterocycles. The van der Waals surface area contributed by atoms with Gasteiger partial charge in [-0.1, -0.05) is 12.1 Å². The van der Waals surface area contributed by atoms with Gasteiger partial charge in [0.2, 0.25) is 0 Å². The van der Waals surface area contributed by atoms with E-state index in [0.717, 1.165) is 0 Å². The number of esters is 1. The first-order valence-electron chi connectivity index (χ1n) is 7.67. The Balaban J connectivity index is 2.14. The van der Waals surface area contributed by atoms with Crippen molar-refractivity contribution in [2.45, 2.75) is 11.8 Å². The van der Waals surface area contributed by atoms with Gasteiger partial charge in [-0.15, -0.1) is 0 Å². The van der Waals surface area contributed by atoms with E-state index in [2.05, 4.69) is 4.72 Å². The van der Waals surface area contributed by atoms with Crippen molar-refractivity contribution in [1.29, 1.82) is 0 Å². The second-order valence-electron chi connectivity index (χ2n) is 5.35. The number of anilines is 1. The smallest absolute Gasteiger partial charge is 0.330 e. The molecule has 0 aliphatic carbocycles. The minimum absolute atomic E-state index is 0.0694. The Kier molecular flexibility index (Phi) is 5.83. The van der Waals surface area contributed by atoms with Crippen molar-refractivity contribution in [3.63, 3.8) is 0 Å². The number of primary amides is 1. The predicted molar refractivity (Wildman–Crippen MR) is 96.8 cm³/mol. The molecule has 1 aromatic carbocycles. The molecular weight excluding hydrogens is 358 g/mol. The van der Waals surface area contributed by atoms with Gasteiger partial charge in [-0.2, -0.15) is 0 Å². The maximum Gasteiger partial charge on any atom is 0.330 e. The molecule has 0 saturated carbocycles. The molecular formula is C17H19N3O5S. The molecule has 8 nitrogen and oxygen atoms in total. The minimum atomic E-state index is -3.87. The number of aromatic nitrogens is 1. The summed E-state index contributed by atoms with van der Waals surface area (Å²) < 4.78 is 33.4. The van der Waals surface area contributed by atoms with Crippen LogP contribution in [0.3, 0.4) is 0 Å². The normalized spacial score (nSPS) is 11.5. The third-order valence-corrected chi connectivity index (χ3v) is 4.75. The third-order valence-electron chi connectivity index (χ3n) is 3.40. The number of nitrogens with two attached hydrogens (primary N) is 1. The highest BCUT2D eigenvalue weighted by Crippen LogP contribution is 2.19. The topological polar surface area (TPSA) is 120 Å². The lowest BCUT2D eigenvalue weighted by Gasteiger charge is -2.06. The molecule has 0 saturated heterocycles. The number of ether oxygens (including phenoxy) is 1. The average Bonchev–Trinajstić information content (AvgIpc) is 2.97. The first-order valence-corrected chi connectivity index (χ1v) is 9.15. The van der Waals surface area contributed by atoms with Crippen LogP contribution in [0.15, 0.2) is 47.5 Å². The molecule has 1 aromatic heterocycles. The number of rotatable bonds is 7. The average molecular weight is 377 g/mol. The molecule has 2 aromatic rings. The Bertz CT molecular complexity index is 943. The zero-order valence-electron chi connectivity index (χ0n) is 14.3. The van der Waals surface area contributed by atoms with Crippen LogP contribution in [-0.4, -0.2) is 31.5 Å². The summed E-state index contributed by atoms with van der Waals surface area (Å²) in [6.45, 7) is 2.01. The molecule has 0 atom stereocenters. The van der Waals surface area contributed by atoms with Crippen molar-refractivity contribution < 1.29 is 22.7 Å². The highest BCUT2D eigenvalue weighted by Gasteiger charge is 2.19. The molecule has 1 amide bonds. The molecule has 26 heavy (non-hydrogen) atoms. The molecule has 1 heterocycles. The summed E-state index contributed by atoms with van der Waals surface area (Å²) in [5, 5.41) is 0. The van der Waals surface area contributed by atoms with Crippen LogP contribution >= 0.6 is 0 Å². The standard InChI is InChI=1S/C17H19N3O5S/c1-3-25-16(21)9-6-12-4-7-13(8-5-12)19-26(23,24)14-10-15(17(18)22)20(2)11-14/h4-11,19H,3H2,1-2H3,(H2,18,22)/b9-6+. The molecule has 0 aliphatic rings. The van der Waals surface area contributed by atoms with E-state index in [1.165, 1.54) is 30.0 Å². The summed E-state index contributed by atoms with van der Waals surface area (Å²) in [7, 11) is -2.33. The van der Waals surface area contributed by atoms with E-state index in [-0.39, 0.29) is 10.6 Å². The lowest BCUT2D eigenvalue weighted by Crippen LogP contribution is -2.14. The predicted octanol–water partition coefficient (Wildman–Crippen LogP) is 1.50. The van der Waals surface area contributed by atoms with E-state index in [9.17, 15) is 18.0 Å². The van der Waals surface area contributed by atoms with Crippen LogP contribution in [0, 0.1) is 0 Å². The van der Waals surface area contributed by atoms with E-state index in [4.69, 9.17) is 10.5 Å². The molecule has 2 rings (SSSR count). The number of hydrogen-bond donors (Lipinski definition) is 2. The summed E-state index contributed by atoms with van der Waals surface area (Å²) in [6.07, 6.45) is 4.16. The van der Waals surface area contributed by atoms with Crippen molar-refractivity contribution >= 4 is 33.7 Å². The summed E-state index contributed by atoms with van der Waals surface area (Å²) in [5.41, 5.74) is 6.32. The van der Waals surface area contributed by atoms with Crippen molar-refractivity contribution in [1.82, 2.24) is 4.57 Å². The molecule has 0 radical (unpaired) electrons. The Labute approximate surface area is 151 Å². The van der Waals surface area contributed by atoms with E-state index < -0.39 is 21.9 Å². The Morgan fingerprint density at radius 1 is 1.27 bits per heavy atom. The van der Waals surface area contributed by atoms with Gasteiger partial charge < -0.3 is 15.0 Å². The second-order valence-corrected chi connectivity index (χ2v) is 7.03. The van der Waals surface area contributed by atoms with Gasteiger partial charge in [0.1, 0.15) is 10.6 Å². The second kappa shape index (κ2) is 7.87. The van der Waals surface area contributed by atoms with Gasteiger partial charge in [0.15, 0.2) is 0 Å². The van der Waals surface area contributed by atoms with Crippen LogP contribution in [0.5, 0.6) is 0 Å². The summed E-state index contributed by atoms with van der Waals surface area (Å²) in [6, 6.07) is 7.61. The number of nitrogens with zero attached hydrogens (tertiary/aromatic N) is 1. The zero-order valence-corrected chi connectivity index (χ0v) is 15.1. The van der Waals surface area contributed by atoms with E-state index in [0.29, 0.717) is 17.9 Å². The summed E-state index contributed by atoms with van der Waals surface area (Å²) >= 11 is 0. The highest BCUT2D eigenvalue weighted by atomic mass is 32.2. The first kappa shape index (κ1) is 19.3. The molecule has 0 fully saturated rings. The maximum atomic E-state index is 12.4. The van der Waals surface area contributed by atoms with Gasteiger partial charge in [0.05, 0.1) is 6.61 Å². The van der Waals surface area contributed by atoms with Crippen molar-refractivity contribution in [2.75, 3.05) is 11.3 Å². The van der Waals surface area contributed by atoms with Crippen LogP contribution in [0.1, 0.15) is 23.0 Å². The fourth-order valence-corrected chi connectivity index (χ4v) is 3.29. The van der Waals surface area contributed by atoms with Gasteiger partial charge in [-0.3, -0.25) is 9.52 Å². The van der Waals surface area contributed by atoms with E-state index >= 15 is 0 Å². The fourth-order valence-electron chi connectivity index (χ4n) is 2.16. The SMILES string of the molecule is CCOC(=O)/C=C/c1ccc(NS(=O)(=O)c2cc(C(N)=O)n(C)c2)cc1. The fraction of sp³-hybridized carbons (Fsp3) is 0.176. The summed E-state index contributed by atoms with van der Waals surface area (Å²) in [4.78, 5) is 22.5. The van der Waals surface area contributed by atoms with Gasteiger partial charge in [-0.05, 0) is 36.8 Å². The Morgan fingerprint density at radius 2 is 1.92 bits per heavy atom. The maximum absolute atomic E-state index is 12.4. The molecule has 138 valence electrons. The van der Waals surface area contributed by atoms with Crippen molar-refractivity contribution in [3.05, 3.63) is 53.9 Å². The van der Waals surface area contributed by atoms with Crippen LogP contribution in [0.2, 0.25) is 0 Å². The van der Waals surface area contributed by atoms with Crippen LogP contribution < -0.4 is 10.5 Å². The third kappa shape index (κ3) is 4.73. The van der Waals surface area contributed by atoms with Gasteiger partial charge >= 0.3 is 5.97 Å². The van der Waals surface area contributed by atoms with E-state index in [1.807, 2.05) is 0 Å². The van der Waals surface area contributed by atoms with Gasteiger partial charge in [-0.25, -0.2) is 13.2 Å². The molecule has 9 heteroatoms. The van der Waals surface area contributed by atoms with Crippen LogP contribution in [-0.2, 0) is 26.6 Å². The lowest BCUT2D eigenvalue weighted by atomic mass is 10.2. The number of aryl methyl sites for hydroxylation is 1. The van der Waals surface area contributed by atoms with Gasteiger partial charge in [0.25, 0.3) is 15.9 Å². The largest absolute Gasteiger partial charge is 0.463 e. The molecule has 0 unspecified atom stereocenters. The lowest BCUT2D eigenvalue weighted by molar-refractivity contribution is -0.137. The minimum Gasteiger partial charge on any atom is -0.463 e. The first-order chi connectivity index (χ1) is 12.2. The van der Waals surface area contributed by atoms with Crippen LogP contribution in [0.4, 0.5) is 5.69 Å². The molecule has 0 bridgehead atoms. The molecule has 0 spiro atoms. The van der Waals surface area contributed by atoms with E-state index in [1.54, 1.807) is 37.3 Å². The number of amides is 1. The number of hydrogen-bond acceptors (Lipinski definition) is 5. The van der Waals surface area contributed by atoms with Gasteiger partial charge in [0, 0.05) is 25.0 Å². The molecule has 3 N–H and O–H groups in total. The number of nitrogens with one attached hydrogen (secondary N) is 1. The Morgan fingerprint density at radius 3 is 2.46 bits per heavy atom. The zero-order chi connectivity index (χ0) is 19.3. The number of carbonyl (C=O) groups excluding carboxylic acids is 2. The highest BCUT2D eigenvalue weighted by molar-refractivity contribution is 7.92. The quantitative estimate of drug-likeness (QED) is 0.559.